The molecule has 0 heterocycles. The Morgan fingerprint density at radius 3 is 1.34 bits per heavy atom. The molecule has 12 rings (SSSR count). The third-order valence-electron chi connectivity index (χ3n) is 23.4. The number of allylic oxidation sites excluding steroid dienone is 1. The summed E-state index contributed by atoms with van der Waals surface area (Å²) in [6.45, 7) is 30.4. The molecule has 332 valence electrons. The summed E-state index contributed by atoms with van der Waals surface area (Å²) in [5.74, 6) is 9.80. The Labute approximate surface area is 358 Å². The highest BCUT2D eigenvalue weighted by molar-refractivity contribution is 5.89. The standard InChI is InChI=1S/C10H18O.C10H16O.C10H18.C10H16.C8H14O.C7H12/c2*1-9(2)7-4-5-10(9,3)8(11)6-7;1-9(2)8-4-6-10(9,3)7-5-8;1-7-8-4-5-9(6-8)10(7,2)3;9-5-8-4-6-1-2-7(8)3-6;1-2-7-4-3-6(1)5-7/h7-8,11H,4-6H2,1-3H3;7H,4-6H2,1-3H3;8H,4-7H2,1-3H3;8-9H,1,4-6H2,2-3H3;6-9H,1-5H2;6-7H,1-5H2/t7-,8+,10+;;;;;/m1...../s1. The van der Waals surface area contributed by atoms with Crippen LogP contribution in [-0.2, 0) is 4.79 Å². The fourth-order valence-electron chi connectivity index (χ4n) is 16.7. The van der Waals surface area contributed by atoms with Crippen LogP contribution in [0.25, 0.3) is 0 Å². The number of aliphatic hydroxyl groups is 2. The van der Waals surface area contributed by atoms with Crippen LogP contribution in [-0.4, -0.2) is 28.7 Å². The molecule has 12 aliphatic carbocycles. The van der Waals surface area contributed by atoms with Crippen LogP contribution >= 0.6 is 0 Å². The molecule has 2 N–H and O–H groups in total. The number of fused-ring (bicyclic) bond motifs is 12. The van der Waals surface area contributed by atoms with Crippen LogP contribution < -0.4 is 0 Å². The Bertz CT molecular complexity index is 1450. The van der Waals surface area contributed by atoms with Crippen LogP contribution in [0.2, 0.25) is 0 Å². The van der Waals surface area contributed by atoms with Gasteiger partial charge in [-0.25, -0.2) is 0 Å². The molecule has 10 atom stereocenters. The summed E-state index contributed by atoms with van der Waals surface area (Å²) < 4.78 is 0. The molecule has 58 heavy (non-hydrogen) atoms. The first kappa shape index (κ1) is 45.4. The molecule has 12 fully saturated rings. The fraction of sp³-hybridized carbons (Fsp3) is 0.945. The third kappa shape index (κ3) is 7.63. The van der Waals surface area contributed by atoms with E-state index >= 15 is 0 Å². The normalized spacial score (nSPS) is 48.3. The van der Waals surface area contributed by atoms with Gasteiger partial charge in [0.25, 0.3) is 0 Å². The second-order valence-electron chi connectivity index (χ2n) is 26.3. The first-order valence-electron chi connectivity index (χ1n) is 25.5. The number of carbonyl (C=O) groups excluding carboxylic acids is 1. The van der Waals surface area contributed by atoms with Gasteiger partial charge in [0, 0.05) is 18.4 Å². The van der Waals surface area contributed by atoms with E-state index in [2.05, 4.69) is 82.7 Å². The van der Waals surface area contributed by atoms with Crippen LogP contribution in [0, 0.1) is 97.1 Å². The molecule has 12 bridgehead atoms. The SMILES string of the molecule is C1CC2CCC1C2.C=C1C2CCC(C2)C1(C)C.CC1(C)[C@@H]2CC[C@@]1(C)[C@@H](O)C2.CC12CCC(CC1)C2(C)C.CC12CCC(CC1=O)C2(C)C.OCC1CC2CCC1C2. The smallest absolute Gasteiger partial charge is 0.139 e. The molecule has 0 radical (unpaired) electrons. The largest absolute Gasteiger partial charge is 0.396 e. The summed E-state index contributed by atoms with van der Waals surface area (Å²) in [4.78, 5) is 11.6. The first-order valence-corrected chi connectivity index (χ1v) is 25.5. The molecule has 0 aromatic carbocycles. The van der Waals surface area contributed by atoms with Crippen LogP contribution in [0.3, 0.4) is 0 Å². The van der Waals surface area contributed by atoms with Crippen molar-refractivity contribution in [2.24, 2.45) is 97.1 Å². The van der Waals surface area contributed by atoms with E-state index in [9.17, 15) is 9.90 Å². The van der Waals surface area contributed by atoms with Crippen LogP contribution in [0.5, 0.6) is 0 Å². The number of carbonyl (C=O) groups is 1. The number of rotatable bonds is 1. The van der Waals surface area contributed by atoms with Gasteiger partial charge in [-0.15, -0.1) is 0 Å². The van der Waals surface area contributed by atoms with Gasteiger partial charge < -0.3 is 10.2 Å². The zero-order valence-corrected chi connectivity index (χ0v) is 40.1. The molecule has 12 saturated carbocycles. The molecule has 0 saturated heterocycles. The van der Waals surface area contributed by atoms with Crippen molar-refractivity contribution in [2.45, 2.75) is 224 Å². The Morgan fingerprint density at radius 2 is 1.14 bits per heavy atom. The van der Waals surface area contributed by atoms with Crippen molar-refractivity contribution in [1.82, 2.24) is 0 Å². The van der Waals surface area contributed by atoms with Gasteiger partial charge in [0.2, 0.25) is 0 Å². The highest BCUT2D eigenvalue weighted by atomic mass is 16.3. The van der Waals surface area contributed by atoms with Gasteiger partial charge in [-0.05, 0) is 194 Å². The molecular formula is C55H94O3. The van der Waals surface area contributed by atoms with Gasteiger partial charge in [0.05, 0.1) is 6.10 Å². The average Bonchev–Trinajstić information content (AvgIpc) is 4.06. The minimum atomic E-state index is -0.0313. The maximum atomic E-state index is 11.6. The Kier molecular flexibility index (Phi) is 12.6. The van der Waals surface area contributed by atoms with E-state index < -0.39 is 0 Å². The second-order valence-corrected chi connectivity index (χ2v) is 26.3. The minimum absolute atomic E-state index is 0.0255. The molecule has 7 unspecified atom stereocenters. The maximum absolute atomic E-state index is 11.6. The van der Waals surface area contributed by atoms with Crippen molar-refractivity contribution in [1.29, 1.82) is 0 Å². The highest BCUT2D eigenvalue weighted by Crippen LogP contribution is 2.67. The summed E-state index contributed by atoms with van der Waals surface area (Å²) >= 11 is 0. The van der Waals surface area contributed by atoms with E-state index in [1.54, 1.807) is 32.1 Å². The average molecular weight is 803 g/mol. The Balaban J connectivity index is 0.000000106. The number of Topliss-reactive ketones (excluding diaryl/α,β-unsaturated/α-hetero) is 1. The van der Waals surface area contributed by atoms with E-state index in [-0.39, 0.29) is 22.3 Å². The van der Waals surface area contributed by atoms with Crippen LogP contribution in [0.15, 0.2) is 12.2 Å². The Hall–Kier alpha value is -0.670. The quantitative estimate of drug-likeness (QED) is 0.260. The van der Waals surface area contributed by atoms with Gasteiger partial charge >= 0.3 is 0 Å². The lowest BCUT2D eigenvalue weighted by Gasteiger charge is -2.36. The molecule has 3 heteroatoms. The zero-order valence-electron chi connectivity index (χ0n) is 40.1. The van der Waals surface area contributed by atoms with Crippen molar-refractivity contribution in [2.75, 3.05) is 6.61 Å². The molecular weight excluding hydrogens is 709 g/mol. The van der Waals surface area contributed by atoms with E-state index in [1.807, 2.05) is 0 Å². The summed E-state index contributed by atoms with van der Waals surface area (Å²) in [7, 11) is 0. The lowest BCUT2D eigenvalue weighted by Crippen LogP contribution is -2.35. The van der Waals surface area contributed by atoms with Crippen molar-refractivity contribution < 1.29 is 15.0 Å². The molecule has 12 aliphatic rings. The lowest BCUT2D eigenvalue weighted by molar-refractivity contribution is -0.128. The van der Waals surface area contributed by atoms with Gasteiger partial charge in [-0.2, -0.15) is 0 Å². The number of hydrogen-bond acceptors (Lipinski definition) is 3. The van der Waals surface area contributed by atoms with Gasteiger partial charge in [0.1, 0.15) is 5.78 Å². The summed E-state index contributed by atoms with van der Waals surface area (Å²) in [5, 5.41) is 18.7. The minimum Gasteiger partial charge on any atom is -0.396 e. The third-order valence-corrected chi connectivity index (χ3v) is 23.4. The van der Waals surface area contributed by atoms with Crippen LogP contribution in [0.1, 0.15) is 217 Å². The molecule has 0 amide bonds. The molecule has 0 aromatic rings. The molecule has 0 aliphatic heterocycles. The lowest BCUT2D eigenvalue weighted by atomic mass is 9.70. The summed E-state index contributed by atoms with van der Waals surface area (Å²) in [5.41, 5.74) is 4.28. The van der Waals surface area contributed by atoms with Crippen LogP contribution in [0.4, 0.5) is 0 Å². The van der Waals surface area contributed by atoms with E-state index in [4.69, 9.17) is 5.11 Å². The fourth-order valence-corrected chi connectivity index (χ4v) is 16.7. The van der Waals surface area contributed by atoms with E-state index in [0.29, 0.717) is 45.9 Å². The Morgan fingerprint density at radius 1 is 0.552 bits per heavy atom. The van der Waals surface area contributed by atoms with Crippen molar-refractivity contribution in [3.63, 3.8) is 0 Å². The predicted molar refractivity (Wildman–Crippen MR) is 243 cm³/mol. The monoisotopic (exact) mass is 803 g/mol. The van der Waals surface area contributed by atoms with Gasteiger partial charge in [-0.3, -0.25) is 4.79 Å². The predicted octanol–water partition coefficient (Wildman–Crippen LogP) is 14.4. The molecule has 0 aromatic heterocycles. The van der Waals surface area contributed by atoms with Crippen molar-refractivity contribution in [3.8, 4) is 0 Å². The second kappa shape index (κ2) is 16.2. The topological polar surface area (TPSA) is 57.5 Å². The number of hydrogen-bond donors (Lipinski definition) is 2. The summed E-state index contributed by atoms with van der Waals surface area (Å²) in [6.07, 6.45) is 30.5. The zero-order chi connectivity index (χ0) is 42.3. The van der Waals surface area contributed by atoms with E-state index in [0.717, 1.165) is 54.8 Å². The highest BCUT2D eigenvalue weighted by Gasteiger charge is 2.62. The molecule has 0 spiro atoms. The summed E-state index contributed by atoms with van der Waals surface area (Å²) in [6, 6.07) is 0. The number of aliphatic hydroxyl groups excluding tert-OH is 2. The van der Waals surface area contributed by atoms with Crippen molar-refractivity contribution >= 4 is 5.78 Å². The van der Waals surface area contributed by atoms with Gasteiger partial charge in [0.15, 0.2) is 0 Å². The van der Waals surface area contributed by atoms with E-state index in [1.165, 1.54) is 107 Å². The molecule has 3 nitrogen and oxygen atoms in total. The maximum Gasteiger partial charge on any atom is 0.139 e. The first-order chi connectivity index (χ1) is 27.0. The van der Waals surface area contributed by atoms with Gasteiger partial charge in [-0.1, -0.05) is 120 Å². The van der Waals surface area contributed by atoms with Crippen molar-refractivity contribution in [3.05, 3.63) is 12.2 Å². The number of ketones is 1.